The molecule has 2 heterocycles. The molecular weight excluding hydrogens is 827 g/mol. The van der Waals surface area contributed by atoms with E-state index >= 15 is 0 Å². The van der Waals surface area contributed by atoms with Gasteiger partial charge in [0, 0.05) is 71.4 Å². The molecule has 8 rings (SSSR count). The maximum absolute atomic E-state index is 14.2. The van der Waals surface area contributed by atoms with Crippen molar-refractivity contribution in [3.8, 4) is 0 Å². The molecule has 0 spiro atoms. The van der Waals surface area contributed by atoms with E-state index in [1.165, 1.54) is 33.3 Å². The monoisotopic (exact) mass is 889 g/mol. The Morgan fingerprint density at radius 3 is 2.06 bits per heavy atom. The highest BCUT2D eigenvalue weighted by Crippen LogP contribution is 2.52. The fraction of sp³-hybridized carbons (Fsp3) is 0.357. The number of carbonyl (C=O) groups is 1. The molecule has 0 N–H and O–H groups in total. The Labute approximate surface area is 386 Å². The van der Waals surface area contributed by atoms with Gasteiger partial charge >= 0.3 is 6.09 Å². The van der Waals surface area contributed by atoms with Crippen LogP contribution in [0.15, 0.2) is 133 Å². The lowest BCUT2D eigenvalue weighted by Crippen LogP contribution is -2.34. The topological polar surface area (TPSA) is 93.0 Å². The maximum atomic E-state index is 14.2. The zero-order valence-electron chi connectivity index (χ0n) is 39.5. The Hall–Kier alpha value is -5.77. The number of hydrogen-bond acceptors (Lipinski definition) is 6. The number of likely N-dealkylation sites (N-methyl/N-ethyl adjacent to an activating group) is 1. The first-order valence-electron chi connectivity index (χ1n) is 23.2. The minimum Gasteiger partial charge on any atom is -0.748 e. The van der Waals surface area contributed by atoms with Crippen LogP contribution in [-0.2, 0) is 25.7 Å². The number of unbranched alkanes of at least 4 members (excludes halogenated alkanes) is 3. The molecule has 5 aromatic rings. The van der Waals surface area contributed by atoms with Crippen molar-refractivity contribution in [2.75, 3.05) is 30.8 Å². The number of anilines is 1. The van der Waals surface area contributed by atoms with E-state index in [-0.39, 0.29) is 11.8 Å². The summed E-state index contributed by atoms with van der Waals surface area (Å²) in [4.78, 5) is 18.2. The Morgan fingerprint density at radius 1 is 0.769 bits per heavy atom. The van der Waals surface area contributed by atoms with Crippen LogP contribution in [0.5, 0.6) is 0 Å². The first kappa shape index (κ1) is 45.8. The number of hydrogen-bond donors (Lipinski definition) is 0. The van der Waals surface area contributed by atoms with Crippen molar-refractivity contribution in [2.45, 2.75) is 104 Å². The Balaban J connectivity index is 1.31. The van der Waals surface area contributed by atoms with Gasteiger partial charge in [-0.15, -0.1) is 0 Å². The minimum atomic E-state index is -4.33. The number of rotatable bonds is 13. The predicted molar refractivity (Wildman–Crippen MR) is 267 cm³/mol. The van der Waals surface area contributed by atoms with Crippen LogP contribution in [0.1, 0.15) is 110 Å². The van der Waals surface area contributed by atoms with E-state index in [2.05, 4.69) is 159 Å². The lowest BCUT2D eigenvalue weighted by Gasteiger charge is -2.28. The van der Waals surface area contributed by atoms with Crippen LogP contribution in [0.4, 0.5) is 16.2 Å². The average Bonchev–Trinajstić information content (AvgIpc) is 3.77. The molecule has 0 radical (unpaired) electrons. The molecule has 0 aromatic heterocycles. The fourth-order valence-electron chi connectivity index (χ4n) is 10.4. The molecule has 9 heteroatoms. The van der Waals surface area contributed by atoms with Crippen LogP contribution in [0.2, 0.25) is 0 Å². The summed E-state index contributed by atoms with van der Waals surface area (Å²) in [6, 6.07) is 34.2. The number of carbonyl (C=O) groups excluding carboxylic acids is 1. The largest absolute Gasteiger partial charge is 0.748 e. The van der Waals surface area contributed by atoms with Crippen molar-refractivity contribution in [1.29, 1.82) is 0 Å². The van der Waals surface area contributed by atoms with Crippen LogP contribution >= 0.6 is 0 Å². The first-order chi connectivity index (χ1) is 30.8. The van der Waals surface area contributed by atoms with Gasteiger partial charge in [0.25, 0.3) is 0 Å². The molecule has 0 bridgehead atoms. The van der Waals surface area contributed by atoms with E-state index in [1.807, 2.05) is 26.8 Å². The lowest BCUT2D eigenvalue weighted by atomic mass is 9.79. The number of allylic oxidation sites excluding steroid dienone is 7. The quantitative estimate of drug-likeness (QED) is 0.0664. The van der Waals surface area contributed by atoms with E-state index in [1.54, 1.807) is 11.9 Å². The molecule has 1 amide bonds. The summed E-state index contributed by atoms with van der Waals surface area (Å²) in [5.41, 5.74) is 10.2. The summed E-state index contributed by atoms with van der Waals surface area (Å²) in [5, 5.41) is 4.80. The zero-order valence-corrected chi connectivity index (χ0v) is 40.3. The van der Waals surface area contributed by atoms with Gasteiger partial charge in [0.05, 0.1) is 21.2 Å². The second-order valence-electron chi connectivity index (χ2n) is 19.8. The second-order valence-corrected chi connectivity index (χ2v) is 21.3. The molecule has 65 heavy (non-hydrogen) atoms. The van der Waals surface area contributed by atoms with Crippen molar-refractivity contribution >= 4 is 66.0 Å². The second kappa shape index (κ2) is 17.6. The molecule has 0 unspecified atom stereocenters. The van der Waals surface area contributed by atoms with E-state index in [0.717, 1.165) is 75.9 Å². The van der Waals surface area contributed by atoms with Crippen LogP contribution < -0.4 is 4.90 Å². The maximum Gasteiger partial charge on any atom is 0.414 e. The highest BCUT2D eigenvalue weighted by molar-refractivity contribution is 7.85. The summed E-state index contributed by atoms with van der Waals surface area (Å²) in [6.45, 7) is 18.5. The Bertz CT molecular complexity index is 2980. The third-order valence-electron chi connectivity index (χ3n) is 13.4. The van der Waals surface area contributed by atoms with E-state index < -0.39 is 33.0 Å². The van der Waals surface area contributed by atoms with Gasteiger partial charge in [0.1, 0.15) is 12.1 Å². The molecule has 0 fully saturated rings. The van der Waals surface area contributed by atoms with Gasteiger partial charge < -0.3 is 14.2 Å². The average molecular weight is 890 g/mol. The van der Waals surface area contributed by atoms with Crippen molar-refractivity contribution < 1.29 is 27.1 Å². The molecule has 5 aromatic carbocycles. The van der Waals surface area contributed by atoms with Crippen LogP contribution in [0, 0.1) is 0 Å². The molecule has 2 aliphatic heterocycles. The van der Waals surface area contributed by atoms with E-state index in [0.29, 0.717) is 13.0 Å². The van der Waals surface area contributed by atoms with Gasteiger partial charge in [-0.2, -0.15) is 4.58 Å². The van der Waals surface area contributed by atoms with Gasteiger partial charge in [-0.25, -0.2) is 13.2 Å². The first-order valence-corrected chi connectivity index (χ1v) is 24.7. The van der Waals surface area contributed by atoms with Crippen LogP contribution in [0.25, 0.3) is 32.7 Å². The van der Waals surface area contributed by atoms with Crippen molar-refractivity contribution in [3.05, 3.63) is 155 Å². The Kier molecular flexibility index (Phi) is 12.4. The zero-order chi connectivity index (χ0) is 46.5. The van der Waals surface area contributed by atoms with Crippen LogP contribution in [-0.4, -0.2) is 65.7 Å². The molecule has 8 nitrogen and oxygen atoms in total. The molecule has 3 aliphatic rings. The highest BCUT2D eigenvalue weighted by atomic mass is 32.2. The van der Waals surface area contributed by atoms with E-state index in [4.69, 9.17) is 4.74 Å². The molecule has 1 aliphatic carbocycles. The van der Waals surface area contributed by atoms with Crippen molar-refractivity contribution in [1.82, 2.24) is 4.90 Å². The third kappa shape index (κ3) is 8.73. The third-order valence-corrected chi connectivity index (χ3v) is 14.1. The van der Waals surface area contributed by atoms with Gasteiger partial charge in [-0.3, -0.25) is 4.90 Å². The summed E-state index contributed by atoms with van der Waals surface area (Å²) in [5.74, 6) is -0.397. The number of ether oxygens (including phenoxy) is 1. The summed E-state index contributed by atoms with van der Waals surface area (Å²) < 4.78 is 43.4. The van der Waals surface area contributed by atoms with Crippen molar-refractivity contribution in [2.24, 2.45) is 0 Å². The molecule has 0 saturated carbocycles. The lowest BCUT2D eigenvalue weighted by molar-refractivity contribution is -0.438. The van der Waals surface area contributed by atoms with E-state index in [9.17, 15) is 17.8 Å². The fourth-order valence-corrected chi connectivity index (χ4v) is 11.0. The Morgan fingerprint density at radius 2 is 1.40 bits per heavy atom. The summed E-state index contributed by atoms with van der Waals surface area (Å²) in [6.07, 6.45) is 12.5. The standard InChI is InChI=1S/C56H63N3O5S/c1-10-11-18-35-58-46-31-27-38-21-12-14-23-40(38)50(46)55(5,6)48(58)33-29-44-42-25-16-17-26-43(42)45(52(44)57(9)53(60)64-54(2,3)4)30-34-49-56(7,8)51-41-24-15-13-22-39(41)28-32-47(51)59(49)36-19-20-37-65(61,62)63/h12-17,21-34H,10-11,18-20,35-37H2,1-9H3. The number of fused-ring (bicyclic) bond motifs is 7. The van der Waals surface area contributed by atoms with Gasteiger partial charge in [-0.05, 0) is 116 Å². The van der Waals surface area contributed by atoms with Crippen molar-refractivity contribution in [3.63, 3.8) is 0 Å². The minimum absolute atomic E-state index is 0.268. The van der Waals surface area contributed by atoms with Gasteiger partial charge in [0.15, 0.2) is 5.71 Å². The number of benzene rings is 5. The van der Waals surface area contributed by atoms with Crippen LogP contribution in [0.3, 0.4) is 0 Å². The van der Waals surface area contributed by atoms with Gasteiger partial charge in [0.2, 0.25) is 5.69 Å². The number of nitrogens with zero attached hydrogens (tertiary/aromatic N) is 3. The molecule has 338 valence electrons. The SMILES string of the molecule is CCCCC[N+]1=C(/C=C/C2=C(N(C)C(=O)OC(C)(C)C)C(=C/C=C3/N(CCCCS(=O)(=O)[O-])c4ccc5ccccc5c4C3(C)C)/c3ccccc32)C(C)(C)c2c1ccc1ccccc21. The summed E-state index contributed by atoms with van der Waals surface area (Å²) >= 11 is 0. The predicted octanol–water partition coefficient (Wildman–Crippen LogP) is 12.8. The number of amides is 1. The molecule has 0 saturated heterocycles. The smallest absolute Gasteiger partial charge is 0.414 e. The highest BCUT2D eigenvalue weighted by Gasteiger charge is 2.46. The van der Waals surface area contributed by atoms with Gasteiger partial charge in [-0.1, -0.05) is 112 Å². The normalized spacial score (nSPS) is 17.8. The molecular formula is C56H63N3O5S. The molecule has 0 atom stereocenters. The summed E-state index contributed by atoms with van der Waals surface area (Å²) in [7, 11) is -2.53.